The zero-order valence-electron chi connectivity index (χ0n) is 17.1. The molecule has 0 radical (unpaired) electrons. The molecule has 1 fully saturated rings. The van der Waals surface area contributed by atoms with Gasteiger partial charge in [0.1, 0.15) is 0 Å². The third-order valence-electron chi connectivity index (χ3n) is 5.52. The van der Waals surface area contributed by atoms with Gasteiger partial charge in [0.2, 0.25) is 0 Å². The van der Waals surface area contributed by atoms with Crippen LogP contribution in [0.4, 0.5) is 4.39 Å². The van der Waals surface area contributed by atoms with Crippen LogP contribution in [0, 0.1) is 11.7 Å². The number of piperidine rings is 1. The average Bonchev–Trinajstić information content (AvgIpc) is 2.81. The summed E-state index contributed by atoms with van der Waals surface area (Å²) in [6, 6.07) is 19.1. The van der Waals surface area contributed by atoms with E-state index in [0.29, 0.717) is 19.6 Å². The highest BCUT2D eigenvalue weighted by atomic mass is 19.1. The molecular formula is C24H24FN3O3. The van der Waals surface area contributed by atoms with Gasteiger partial charge in [0.25, 0.3) is 11.5 Å². The minimum atomic E-state index is -0.482. The fourth-order valence-electron chi connectivity index (χ4n) is 3.74. The Kier molecular flexibility index (Phi) is 6.40. The summed E-state index contributed by atoms with van der Waals surface area (Å²) in [5, 5.41) is 4.53. The quantitative estimate of drug-likeness (QED) is 0.612. The number of hydrogen-bond donors (Lipinski definition) is 0. The molecule has 1 saturated heterocycles. The van der Waals surface area contributed by atoms with E-state index in [9.17, 15) is 14.0 Å². The molecule has 2 aromatic carbocycles. The molecule has 2 heterocycles. The van der Waals surface area contributed by atoms with Crippen molar-refractivity contribution in [1.29, 1.82) is 0 Å². The molecule has 0 bridgehead atoms. The Morgan fingerprint density at radius 3 is 2.45 bits per heavy atom. The first-order chi connectivity index (χ1) is 15.1. The van der Waals surface area contributed by atoms with Gasteiger partial charge in [-0.1, -0.05) is 42.5 Å². The Hall–Kier alpha value is -3.48. The van der Waals surface area contributed by atoms with Crippen molar-refractivity contribution in [3.05, 3.63) is 82.9 Å². The van der Waals surface area contributed by atoms with E-state index in [2.05, 4.69) is 5.10 Å². The molecule has 4 rings (SSSR count). The molecule has 0 saturated carbocycles. The lowest BCUT2D eigenvalue weighted by atomic mass is 9.97. The summed E-state index contributed by atoms with van der Waals surface area (Å²) in [6.45, 7) is 1.49. The van der Waals surface area contributed by atoms with Gasteiger partial charge in [-0.05, 0) is 37.0 Å². The van der Waals surface area contributed by atoms with Gasteiger partial charge in [-0.3, -0.25) is 9.59 Å². The zero-order valence-corrected chi connectivity index (χ0v) is 17.1. The fourth-order valence-corrected chi connectivity index (χ4v) is 3.74. The molecule has 1 aromatic heterocycles. The van der Waals surface area contributed by atoms with Crippen molar-refractivity contribution >= 4 is 5.91 Å². The second-order valence-corrected chi connectivity index (χ2v) is 7.65. The van der Waals surface area contributed by atoms with Gasteiger partial charge in [0, 0.05) is 31.3 Å². The highest BCUT2D eigenvalue weighted by Gasteiger charge is 2.24. The van der Waals surface area contributed by atoms with Crippen LogP contribution < -0.4 is 10.3 Å². The second kappa shape index (κ2) is 9.55. The summed E-state index contributed by atoms with van der Waals surface area (Å²) in [4.78, 5) is 26.4. The molecular weight excluding hydrogens is 397 g/mol. The van der Waals surface area contributed by atoms with Crippen LogP contribution in [-0.2, 0) is 11.3 Å². The smallest absolute Gasteiger partial charge is 0.266 e. The lowest BCUT2D eigenvalue weighted by Gasteiger charge is -2.32. The molecule has 1 aliphatic heterocycles. The van der Waals surface area contributed by atoms with E-state index in [-0.39, 0.29) is 29.7 Å². The number of nitrogens with zero attached hydrogens (tertiary/aromatic N) is 3. The Labute approximate surface area is 179 Å². The number of rotatable bonds is 6. The van der Waals surface area contributed by atoms with Crippen LogP contribution >= 0.6 is 0 Å². The van der Waals surface area contributed by atoms with Gasteiger partial charge in [-0.15, -0.1) is 0 Å². The molecule has 1 amide bonds. The molecule has 31 heavy (non-hydrogen) atoms. The molecule has 0 unspecified atom stereocenters. The number of benzene rings is 2. The predicted octanol–water partition coefficient (Wildman–Crippen LogP) is 3.37. The van der Waals surface area contributed by atoms with Crippen LogP contribution in [0.5, 0.6) is 5.75 Å². The van der Waals surface area contributed by atoms with Gasteiger partial charge in [0.15, 0.2) is 18.2 Å². The third-order valence-corrected chi connectivity index (χ3v) is 5.52. The summed E-state index contributed by atoms with van der Waals surface area (Å²) < 4.78 is 20.5. The van der Waals surface area contributed by atoms with Gasteiger partial charge >= 0.3 is 0 Å². The monoisotopic (exact) mass is 421 g/mol. The first-order valence-electron chi connectivity index (χ1n) is 10.4. The van der Waals surface area contributed by atoms with Gasteiger partial charge in [0.05, 0.1) is 5.69 Å². The molecule has 0 N–H and O–H groups in total. The summed E-state index contributed by atoms with van der Waals surface area (Å²) in [6.07, 6.45) is 1.55. The summed E-state index contributed by atoms with van der Waals surface area (Å²) in [7, 11) is 0. The highest BCUT2D eigenvalue weighted by Crippen LogP contribution is 2.20. The Bertz CT molecular complexity index is 1090. The fraction of sp³-hybridized carbons (Fsp3) is 0.292. The number of amides is 1. The highest BCUT2D eigenvalue weighted by molar-refractivity contribution is 5.77. The molecule has 6 nitrogen and oxygen atoms in total. The first-order valence-corrected chi connectivity index (χ1v) is 10.4. The van der Waals surface area contributed by atoms with Crippen molar-refractivity contribution in [3.63, 3.8) is 0 Å². The number of aromatic nitrogens is 2. The number of hydrogen-bond acceptors (Lipinski definition) is 4. The van der Waals surface area contributed by atoms with Gasteiger partial charge < -0.3 is 9.64 Å². The largest absolute Gasteiger partial charge is 0.481 e. The van der Waals surface area contributed by atoms with Crippen molar-refractivity contribution in [3.8, 4) is 17.0 Å². The predicted molar refractivity (Wildman–Crippen MR) is 115 cm³/mol. The molecule has 0 spiro atoms. The van der Waals surface area contributed by atoms with Crippen LogP contribution in [0.1, 0.15) is 12.8 Å². The summed E-state index contributed by atoms with van der Waals surface area (Å²) in [5.74, 6) is -0.310. The number of carbonyl (C=O) groups is 1. The van der Waals surface area contributed by atoms with E-state index >= 15 is 0 Å². The molecule has 1 aliphatic rings. The molecule has 7 heteroatoms. The summed E-state index contributed by atoms with van der Waals surface area (Å²) >= 11 is 0. The zero-order chi connectivity index (χ0) is 21.6. The number of carbonyl (C=O) groups excluding carboxylic acids is 1. The average molecular weight is 421 g/mol. The van der Waals surface area contributed by atoms with Gasteiger partial charge in [-0.2, -0.15) is 5.10 Å². The van der Waals surface area contributed by atoms with E-state index in [1.54, 1.807) is 29.2 Å². The minimum absolute atomic E-state index is 0.0782. The first kappa shape index (κ1) is 20.8. The van der Waals surface area contributed by atoms with Crippen LogP contribution in [0.3, 0.4) is 0 Å². The number of para-hydroxylation sites is 1. The van der Waals surface area contributed by atoms with E-state index in [0.717, 1.165) is 24.1 Å². The van der Waals surface area contributed by atoms with Crippen molar-refractivity contribution in [2.24, 2.45) is 5.92 Å². The molecule has 0 aliphatic carbocycles. The maximum atomic E-state index is 13.6. The van der Waals surface area contributed by atoms with Crippen LogP contribution in [0.15, 0.2) is 71.5 Å². The normalized spacial score (nSPS) is 14.4. The Morgan fingerprint density at radius 1 is 1.00 bits per heavy atom. The van der Waals surface area contributed by atoms with Crippen molar-refractivity contribution < 1.29 is 13.9 Å². The maximum Gasteiger partial charge on any atom is 0.266 e. The van der Waals surface area contributed by atoms with Crippen molar-refractivity contribution in [2.75, 3.05) is 19.7 Å². The lowest BCUT2D eigenvalue weighted by molar-refractivity contribution is -0.134. The SMILES string of the molecule is O=C(COc1ccccc1F)N1CCC(Cn2nc(-c3ccccc3)ccc2=O)CC1. The number of ether oxygens (including phenoxy) is 1. The molecule has 0 atom stereocenters. The van der Waals surface area contributed by atoms with Crippen LogP contribution in [-0.4, -0.2) is 40.3 Å². The number of likely N-dealkylation sites (tertiary alicyclic amines) is 1. The summed E-state index contributed by atoms with van der Waals surface area (Å²) in [5.41, 5.74) is 1.60. The second-order valence-electron chi connectivity index (χ2n) is 7.65. The maximum absolute atomic E-state index is 13.6. The standard InChI is InChI=1S/C24H24FN3O3/c25-20-8-4-5-9-22(20)31-17-24(30)27-14-12-18(13-15-27)16-28-23(29)11-10-21(26-28)19-6-2-1-3-7-19/h1-11,18H,12-17H2. The Morgan fingerprint density at radius 2 is 1.71 bits per heavy atom. The van der Waals surface area contributed by atoms with Crippen LogP contribution in [0.25, 0.3) is 11.3 Å². The third kappa shape index (κ3) is 5.17. The van der Waals surface area contributed by atoms with E-state index < -0.39 is 5.82 Å². The van der Waals surface area contributed by atoms with Crippen molar-refractivity contribution in [1.82, 2.24) is 14.7 Å². The van der Waals surface area contributed by atoms with E-state index in [1.807, 2.05) is 30.3 Å². The van der Waals surface area contributed by atoms with E-state index in [4.69, 9.17) is 4.74 Å². The van der Waals surface area contributed by atoms with Crippen molar-refractivity contribution in [2.45, 2.75) is 19.4 Å². The number of halogens is 1. The molecule has 160 valence electrons. The Balaban J connectivity index is 1.32. The van der Waals surface area contributed by atoms with E-state index in [1.165, 1.54) is 16.8 Å². The minimum Gasteiger partial charge on any atom is -0.481 e. The lowest BCUT2D eigenvalue weighted by Crippen LogP contribution is -2.42. The topological polar surface area (TPSA) is 64.4 Å². The van der Waals surface area contributed by atoms with Crippen LogP contribution in [0.2, 0.25) is 0 Å². The molecule has 3 aromatic rings. The van der Waals surface area contributed by atoms with Gasteiger partial charge in [-0.25, -0.2) is 9.07 Å².